The van der Waals surface area contributed by atoms with Gasteiger partial charge in [0.1, 0.15) is 17.2 Å². The van der Waals surface area contributed by atoms with E-state index in [1.165, 1.54) is 18.4 Å². The van der Waals surface area contributed by atoms with Gasteiger partial charge in [0.05, 0.1) is 5.92 Å². The summed E-state index contributed by atoms with van der Waals surface area (Å²) in [7, 11) is 0. The van der Waals surface area contributed by atoms with Crippen molar-refractivity contribution < 1.29 is 4.79 Å². The summed E-state index contributed by atoms with van der Waals surface area (Å²) in [6.45, 7) is 3.54. The molecule has 3 aromatic heterocycles. The number of carbonyl (C=O) groups excluding carboxylic acids is 1. The van der Waals surface area contributed by atoms with Crippen LogP contribution in [0, 0.1) is 5.92 Å². The van der Waals surface area contributed by atoms with E-state index in [0.717, 1.165) is 80.2 Å². The number of hydrogen-bond acceptors (Lipinski definition) is 5. The standard InChI is InChI=1S/C24H28N6O/c31-24(29-9-1-2-10-29)17-4-3-11-30(15-17)21-8-7-20-23(27-21)28-22(26-20)19-12-18(13-25-14-19)16-5-6-16/h7-8,12-14,16-17H,1-6,9-11,15H2,(H,26,27,28)/t17-/m1/s1. The molecular weight excluding hydrogens is 388 g/mol. The molecule has 7 nitrogen and oxygen atoms in total. The van der Waals surface area contributed by atoms with E-state index >= 15 is 0 Å². The van der Waals surface area contributed by atoms with E-state index in [1.54, 1.807) is 0 Å². The normalized spacial score (nSPS) is 21.7. The molecule has 3 aromatic rings. The van der Waals surface area contributed by atoms with Crippen molar-refractivity contribution in [1.82, 2.24) is 24.8 Å². The summed E-state index contributed by atoms with van der Waals surface area (Å²) in [5.74, 6) is 2.81. The molecule has 160 valence electrons. The minimum Gasteiger partial charge on any atom is -0.356 e. The molecular formula is C24H28N6O. The molecule has 3 fully saturated rings. The van der Waals surface area contributed by atoms with Crippen molar-refractivity contribution in [1.29, 1.82) is 0 Å². The van der Waals surface area contributed by atoms with Gasteiger partial charge in [-0.1, -0.05) is 0 Å². The molecule has 1 N–H and O–H groups in total. The Bertz CT molecular complexity index is 1110. The van der Waals surface area contributed by atoms with Crippen LogP contribution in [0.4, 0.5) is 5.82 Å². The van der Waals surface area contributed by atoms with Gasteiger partial charge in [0.2, 0.25) is 5.91 Å². The van der Waals surface area contributed by atoms with Crippen LogP contribution in [0.15, 0.2) is 30.6 Å². The molecule has 0 radical (unpaired) electrons. The molecule has 1 atom stereocenters. The van der Waals surface area contributed by atoms with Crippen LogP contribution in [0.2, 0.25) is 0 Å². The molecule has 7 heteroatoms. The van der Waals surface area contributed by atoms with Crippen molar-refractivity contribution >= 4 is 22.9 Å². The second-order valence-corrected chi connectivity index (χ2v) is 9.22. The number of anilines is 1. The van der Waals surface area contributed by atoms with E-state index in [9.17, 15) is 4.79 Å². The lowest BCUT2D eigenvalue weighted by molar-refractivity contribution is -0.134. The lowest BCUT2D eigenvalue weighted by Crippen LogP contribution is -2.44. The minimum atomic E-state index is 0.0814. The second kappa shape index (κ2) is 7.62. The Labute approximate surface area is 181 Å². The van der Waals surface area contributed by atoms with Crippen LogP contribution in [-0.2, 0) is 4.79 Å². The summed E-state index contributed by atoms with van der Waals surface area (Å²) in [6.07, 6.45) is 10.6. The first-order valence-electron chi connectivity index (χ1n) is 11.6. The van der Waals surface area contributed by atoms with Gasteiger partial charge < -0.3 is 14.8 Å². The first-order chi connectivity index (χ1) is 15.2. The minimum absolute atomic E-state index is 0.0814. The molecule has 1 amide bonds. The average molecular weight is 417 g/mol. The lowest BCUT2D eigenvalue weighted by atomic mass is 9.96. The van der Waals surface area contributed by atoms with Crippen LogP contribution in [0.5, 0.6) is 0 Å². The van der Waals surface area contributed by atoms with Gasteiger partial charge in [-0.05, 0) is 68.2 Å². The predicted octanol–water partition coefficient (Wildman–Crippen LogP) is 3.74. The van der Waals surface area contributed by atoms with Crippen LogP contribution in [0.1, 0.15) is 50.0 Å². The molecule has 5 heterocycles. The highest BCUT2D eigenvalue weighted by Crippen LogP contribution is 2.40. The van der Waals surface area contributed by atoms with Crippen LogP contribution in [0.3, 0.4) is 0 Å². The molecule has 2 aliphatic heterocycles. The highest BCUT2D eigenvalue weighted by molar-refractivity contribution is 5.80. The van der Waals surface area contributed by atoms with Crippen LogP contribution in [0.25, 0.3) is 22.6 Å². The van der Waals surface area contributed by atoms with Gasteiger partial charge in [0.15, 0.2) is 5.65 Å². The molecule has 0 bridgehead atoms. The molecule has 6 rings (SSSR count). The lowest BCUT2D eigenvalue weighted by Gasteiger charge is -2.34. The van der Waals surface area contributed by atoms with Gasteiger partial charge in [-0.3, -0.25) is 9.78 Å². The Balaban J connectivity index is 1.23. The molecule has 0 spiro atoms. The average Bonchev–Trinajstić information content (AvgIpc) is 3.35. The number of nitrogens with zero attached hydrogens (tertiary/aromatic N) is 5. The van der Waals surface area contributed by atoms with Crippen molar-refractivity contribution in [3.05, 3.63) is 36.2 Å². The first-order valence-corrected chi connectivity index (χ1v) is 11.6. The number of amides is 1. The number of rotatable bonds is 4. The quantitative estimate of drug-likeness (QED) is 0.701. The van der Waals surface area contributed by atoms with Crippen LogP contribution < -0.4 is 4.90 Å². The zero-order valence-electron chi connectivity index (χ0n) is 17.8. The number of aromatic nitrogens is 4. The number of fused-ring (bicyclic) bond motifs is 1. The maximum absolute atomic E-state index is 12.9. The number of likely N-dealkylation sites (tertiary alicyclic amines) is 1. The van der Waals surface area contributed by atoms with Gasteiger partial charge in [-0.15, -0.1) is 0 Å². The summed E-state index contributed by atoms with van der Waals surface area (Å²) >= 11 is 0. The summed E-state index contributed by atoms with van der Waals surface area (Å²) in [5, 5.41) is 0. The molecule has 0 aromatic carbocycles. The molecule has 31 heavy (non-hydrogen) atoms. The Kier molecular flexibility index (Phi) is 4.62. The summed E-state index contributed by atoms with van der Waals surface area (Å²) in [6, 6.07) is 6.26. The van der Waals surface area contributed by atoms with Gasteiger partial charge in [-0.2, -0.15) is 0 Å². The van der Waals surface area contributed by atoms with E-state index in [0.29, 0.717) is 11.8 Å². The van der Waals surface area contributed by atoms with E-state index in [-0.39, 0.29) is 5.92 Å². The van der Waals surface area contributed by atoms with Crippen LogP contribution >= 0.6 is 0 Å². The van der Waals surface area contributed by atoms with Crippen LogP contribution in [-0.4, -0.2) is 56.9 Å². The zero-order chi connectivity index (χ0) is 20.8. The van der Waals surface area contributed by atoms with Crippen molar-refractivity contribution in [3.63, 3.8) is 0 Å². The fourth-order valence-corrected chi connectivity index (χ4v) is 5.01. The summed E-state index contributed by atoms with van der Waals surface area (Å²) in [4.78, 5) is 34.6. The first kappa shape index (κ1) is 18.8. The molecule has 1 saturated carbocycles. The SMILES string of the molecule is O=C([C@@H]1CCCN(c2ccc3nc(-c4cncc(C5CC5)c4)[nH]c3n2)C1)N1CCCC1. The third-order valence-electron chi connectivity index (χ3n) is 6.92. The second-order valence-electron chi connectivity index (χ2n) is 9.22. The third-order valence-corrected chi connectivity index (χ3v) is 6.92. The number of hydrogen-bond donors (Lipinski definition) is 1. The van der Waals surface area contributed by atoms with E-state index in [4.69, 9.17) is 9.97 Å². The van der Waals surface area contributed by atoms with Crippen molar-refractivity contribution in [2.24, 2.45) is 5.92 Å². The largest absolute Gasteiger partial charge is 0.356 e. The Morgan fingerprint density at radius 3 is 2.71 bits per heavy atom. The number of carbonyl (C=O) groups is 1. The van der Waals surface area contributed by atoms with E-state index in [1.807, 2.05) is 24.5 Å². The number of piperidine rings is 1. The molecule has 0 unspecified atom stereocenters. The van der Waals surface area contributed by atoms with Crippen molar-refractivity contribution in [2.75, 3.05) is 31.1 Å². The summed E-state index contributed by atoms with van der Waals surface area (Å²) < 4.78 is 0. The van der Waals surface area contributed by atoms with Gasteiger partial charge in [-0.25, -0.2) is 9.97 Å². The smallest absolute Gasteiger partial charge is 0.227 e. The van der Waals surface area contributed by atoms with Gasteiger partial charge >= 0.3 is 0 Å². The fourth-order valence-electron chi connectivity index (χ4n) is 5.01. The molecule has 1 aliphatic carbocycles. The number of aromatic amines is 1. The number of imidazole rings is 1. The maximum Gasteiger partial charge on any atom is 0.227 e. The Morgan fingerprint density at radius 1 is 1.00 bits per heavy atom. The fraction of sp³-hybridized carbons (Fsp3) is 0.500. The van der Waals surface area contributed by atoms with Crippen molar-refractivity contribution in [3.8, 4) is 11.4 Å². The number of pyridine rings is 2. The topological polar surface area (TPSA) is 78.0 Å². The zero-order valence-corrected chi connectivity index (χ0v) is 17.8. The maximum atomic E-state index is 12.9. The molecule has 2 saturated heterocycles. The number of H-pyrrole nitrogens is 1. The monoisotopic (exact) mass is 416 g/mol. The highest BCUT2D eigenvalue weighted by atomic mass is 16.2. The molecule has 3 aliphatic rings. The highest BCUT2D eigenvalue weighted by Gasteiger charge is 2.31. The van der Waals surface area contributed by atoms with E-state index < -0.39 is 0 Å². The van der Waals surface area contributed by atoms with Gasteiger partial charge in [0.25, 0.3) is 0 Å². The Morgan fingerprint density at radius 2 is 1.87 bits per heavy atom. The predicted molar refractivity (Wildman–Crippen MR) is 120 cm³/mol. The third kappa shape index (κ3) is 3.66. The van der Waals surface area contributed by atoms with Gasteiger partial charge in [0, 0.05) is 44.1 Å². The van der Waals surface area contributed by atoms with Crippen molar-refractivity contribution in [2.45, 2.75) is 44.4 Å². The Hall–Kier alpha value is -2.96. The summed E-state index contributed by atoms with van der Waals surface area (Å²) in [5.41, 5.74) is 3.96. The van der Waals surface area contributed by atoms with E-state index in [2.05, 4.69) is 25.8 Å². The number of nitrogens with one attached hydrogen (secondary N) is 1.